The summed E-state index contributed by atoms with van der Waals surface area (Å²) in [4.78, 5) is 17.3. The van der Waals surface area contributed by atoms with Crippen molar-refractivity contribution in [2.75, 3.05) is 26.7 Å². The average molecular weight is 304 g/mol. The molecule has 1 aliphatic rings. The molecule has 0 N–H and O–H groups in total. The van der Waals surface area contributed by atoms with Crippen molar-refractivity contribution < 1.29 is 9.18 Å². The average Bonchev–Trinajstić information content (AvgIpc) is 3.02. The second-order valence-electron chi connectivity index (χ2n) is 5.28. The first-order valence-electron chi connectivity index (χ1n) is 6.93. The molecule has 0 saturated carbocycles. The van der Waals surface area contributed by atoms with E-state index >= 15 is 0 Å². The third-order valence-electron chi connectivity index (χ3n) is 3.92. The van der Waals surface area contributed by atoms with E-state index in [1.165, 1.54) is 23.5 Å². The SMILES string of the molecule is CN1CCN(C(=O)c2cccs2)CC1c1ccc(F)cc1. The van der Waals surface area contributed by atoms with Gasteiger partial charge in [0.2, 0.25) is 0 Å². The number of hydrogen-bond donors (Lipinski definition) is 0. The smallest absolute Gasteiger partial charge is 0.264 e. The van der Waals surface area contributed by atoms with E-state index in [1.54, 1.807) is 12.1 Å². The third kappa shape index (κ3) is 2.99. The van der Waals surface area contributed by atoms with Gasteiger partial charge in [-0.1, -0.05) is 18.2 Å². The molecule has 2 heterocycles. The Labute approximate surface area is 127 Å². The summed E-state index contributed by atoms with van der Waals surface area (Å²) < 4.78 is 13.1. The zero-order valence-corrected chi connectivity index (χ0v) is 12.6. The summed E-state index contributed by atoms with van der Waals surface area (Å²) in [6.07, 6.45) is 0. The number of halogens is 1. The Morgan fingerprint density at radius 3 is 2.67 bits per heavy atom. The van der Waals surface area contributed by atoms with Gasteiger partial charge in [-0.05, 0) is 36.2 Å². The zero-order chi connectivity index (χ0) is 14.8. The molecule has 5 heteroatoms. The summed E-state index contributed by atoms with van der Waals surface area (Å²) in [5.74, 6) is -0.144. The highest BCUT2D eigenvalue weighted by molar-refractivity contribution is 7.12. The van der Waals surface area contributed by atoms with Gasteiger partial charge in [-0.2, -0.15) is 0 Å². The molecule has 1 aliphatic heterocycles. The Balaban J connectivity index is 1.78. The molecule has 0 aliphatic carbocycles. The highest BCUT2D eigenvalue weighted by atomic mass is 32.1. The van der Waals surface area contributed by atoms with E-state index in [4.69, 9.17) is 0 Å². The van der Waals surface area contributed by atoms with Crippen molar-refractivity contribution in [3.63, 3.8) is 0 Å². The molecule has 1 unspecified atom stereocenters. The van der Waals surface area contributed by atoms with Crippen LogP contribution in [0, 0.1) is 5.82 Å². The number of nitrogens with zero attached hydrogens (tertiary/aromatic N) is 2. The van der Waals surface area contributed by atoms with Crippen molar-refractivity contribution in [3.05, 3.63) is 58.0 Å². The number of thiophene rings is 1. The van der Waals surface area contributed by atoms with E-state index in [0.29, 0.717) is 6.54 Å². The van der Waals surface area contributed by atoms with E-state index < -0.39 is 0 Å². The number of hydrogen-bond acceptors (Lipinski definition) is 3. The van der Waals surface area contributed by atoms with Crippen LogP contribution in [-0.2, 0) is 0 Å². The normalized spacial score (nSPS) is 19.7. The van der Waals surface area contributed by atoms with Gasteiger partial charge in [0.15, 0.2) is 0 Å². The molecule has 0 bridgehead atoms. The fourth-order valence-corrected chi connectivity index (χ4v) is 3.35. The molecule has 0 radical (unpaired) electrons. The first-order chi connectivity index (χ1) is 10.1. The van der Waals surface area contributed by atoms with E-state index in [9.17, 15) is 9.18 Å². The van der Waals surface area contributed by atoms with Gasteiger partial charge in [0.25, 0.3) is 5.91 Å². The maximum atomic E-state index is 13.1. The first kappa shape index (κ1) is 14.2. The molecule has 3 rings (SSSR count). The van der Waals surface area contributed by atoms with Crippen LogP contribution < -0.4 is 0 Å². The molecule has 2 aromatic rings. The van der Waals surface area contributed by atoms with Gasteiger partial charge in [-0.15, -0.1) is 11.3 Å². The number of piperazine rings is 1. The Hall–Kier alpha value is -1.72. The number of likely N-dealkylation sites (N-methyl/N-ethyl adjacent to an activating group) is 1. The lowest BCUT2D eigenvalue weighted by molar-refractivity contribution is 0.0550. The fraction of sp³-hybridized carbons (Fsp3) is 0.312. The van der Waals surface area contributed by atoms with Crippen molar-refractivity contribution in [1.82, 2.24) is 9.80 Å². The van der Waals surface area contributed by atoms with Crippen LogP contribution in [0.25, 0.3) is 0 Å². The number of benzene rings is 1. The van der Waals surface area contributed by atoms with E-state index in [2.05, 4.69) is 4.90 Å². The van der Waals surface area contributed by atoms with Crippen LogP contribution in [0.1, 0.15) is 21.3 Å². The maximum absolute atomic E-state index is 13.1. The third-order valence-corrected chi connectivity index (χ3v) is 4.78. The highest BCUT2D eigenvalue weighted by Gasteiger charge is 2.29. The van der Waals surface area contributed by atoms with Crippen molar-refractivity contribution in [3.8, 4) is 0 Å². The van der Waals surface area contributed by atoms with Gasteiger partial charge in [0.1, 0.15) is 5.82 Å². The zero-order valence-electron chi connectivity index (χ0n) is 11.8. The molecule has 1 fully saturated rings. The molecule has 1 saturated heterocycles. The summed E-state index contributed by atoms with van der Waals surface area (Å²) in [5.41, 5.74) is 1.04. The number of rotatable bonds is 2. The predicted octanol–water partition coefficient (Wildman–Crippen LogP) is 3.02. The van der Waals surface area contributed by atoms with Gasteiger partial charge in [0, 0.05) is 19.6 Å². The number of carbonyl (C=O) groups excluding carboxylic acids is 1. The molecule has 3 nitrogen and oxygen atoms in total. The fourth-order valence-electron chi connectivity index (χ4n) is 2.66. The molecule has 1 aromatic carbocycles. The molecular formula is C16H17FN2OS. The van der Waals surface area contributed by atoms with Gasteiger partial charge in [-0.25, -0.2) is 4.39 Å². The van der Waals surface area contributed by atoms with Crippen molar-refractivity contribution in [2.45, 2.75) is 6.04 Å². The van der Waals surface area contributed by atoms with Gasteiger partial charge < -0.3 is 4.90 Å². The van der Waals surface area contributed by atoms with E-state index in [1.807, 2.05) is 29.5 Å². The molecule has 1 atom stereocenters. The summed E-state index contributed by atoms with van der Waals surface area (Å²) in [6, 6.07) is 10.4. The minimum atomic E-state index is -0.233. The van der Waals surface area contributed by atoms with Crippen LogP contribution in [-0.4, -0.2) is 42.4 Å². The van der Waals surface area contributed by atoms with Gasteiger partial charge in [-0.3, -0.25) is 9.69 Å². The standard InChI is InChI=1S/C16H17FN2OS/c1-18-8-9-19(16(20)15-3-2-10-21-15)11-14(18)12-4-6-13(17)7-5-12/h2-7,10,14H,8-9,11H2,1H3. The highest BCUT2D eigenvalue weighted by Crippen LogP contribution is 2.25. The largest absolute Gasteiger partial charge is 0.335 e. The molecular weight excluding hydrogens is 287 g/mol. The lowest BCUT2D eigenvalue weighted by Crippen LogP contribution is -2.48. The minimum absolute atomic E-state index is 0.0882. The molecule has 1 amide bonds. The molecule has 110 valence electrons. The molecule has 0 spiro atoms. The topological polar surface area (TPSA) is 23.6 Å². The summed E-state index contributed by atoms with van der Waals surface area (Å²) in [6.45, 7) is 2.18. The minimum Gasteiger partial charge on any atom is -0.335 e. The second kappa shape index (κ2) is 5.95. The number of amides is 1. The van der Waals surface area contributed by atoms with Crippen LogP contribution >= 0.6 is 11.3 Å². The first-order valence-corrected chi connectivity index (χ1v) is 7.81. The summed E-state index contributed by atoms with van der Waals surface area (Å²) >= 11 is 1.47. The second-order valence-corrected chi connectivity index (χ2v) is 6.22. The summed E-state index contributed by atoms with van der Waals surface area (Å²) in [5, 5.41) is 1.92. The van der Waals surface area contributed by atoms with Crippen molar-refractivity contribution in [1.29, 1.82) is 0 Å². The van der Waals surface area contributed by atoms with Crippen LogP contribution in [0.15, 0.2) is 41.8 Å². The van der Waals surface area contributed by atoms with Gasteiger partial charge in [0.05, 0.1) is 10.9 Å². The number of carbonyl (C=O) groups is 1. The monoisotopic (exact) mass is 304 g/mol. The van der Waals surface area contributed by atoms with Crippen LogP contribution in [0.4, 0.5) is 4.39 Å². The van der Waals surface area contributed by atoms with Crippen molar-refractivity contribution in [2.24, 2.45) is 0 Å². The molecule has 1 aromatic heterocycles. The van der Waals surface area contributed by atoms with E-state index in [-0.39, 0.29) is 17.8 Å². The quantitative estimate of drug-likeness (QED) is 0.851. The van der Waals surface area contributed by atoms with Crippen LogP contribution in [0.3, 0.4) is 0 Å². The van der Waals surface area contributed by atoms with Crippen LogP contribution in [0.2, 0.25) is 0 Å². The van der Waals surface area contributed by atoms with Crippen LogP contribution in [0.5, 0.6) is 0 Å². The van der Waals surface area contributed by atoms with Crippen molar-refractivity contribution >= 4 is 17.2 Å². The Morgan fingerprint density at radius 1 is 1.24 bits per heavy atom. The lowest BCUT2D eigenvalue weighted by Gasteiger charge is -2.39. The Kier molecular flexibility index (Phi) is 4.03. The Morgan fingerprint density at radius 2 is 2.00 bits per heavy atom. The Bertz CT molecular complexity index is 612. The lowest BCUT2D eigenvalue weighted by atomic mass is 10.0. The summed E-state index contributed by atoms with van der Waals surface area (Å²) in [7, 11) is 2.04. The van der Waals surface area contributed by atoms with Gasteiger partial charge >= 0.3 is 0 Å². The maximum Gasteiger partial charge on any atom is 0.264 e. The molecule has 21 heavy (non-hydrogen) atoms. The predicted molar refractivity (Wildman–Crippen MR) is 82.0 cm³/mol. The van der Waals surface area contributed by atoms with E-state index in [0.717, 1.165) is 23.5 Å².